The van der Waals surface area contributed by atoms with Crippen molar-refractivity contribution in [2.75, 3.05) is 0 Å². The third-order valence-corrected chi connectivity index (χ3v) is 1.89. The summed E-state index contributed by atoms with van der Waals surface area (Å²) in [5.41, 5.74) is 4.66. The van der Waals surface area contributed by atoms with Crippen LogP contribution in [0.3, 0.4) is 0 Å². The van der Waals surface area contributed by atoms with E-state index >= 15 is 0 Å². The molecule has 0 aliphatic rings. The van der Waals surface area contributed by atoms with Crippen molar-refractivity contribution in [3.63, 3.8) is 0 Å². The van der Waals surface area contributed by atoms with Crippen molar-refractivity contribution in [1.29, 1.82) is 0 Å². The fraction of sp³-hybridized carbons (Fsp3) is 0.333. The molecule has 0 unspecified atom stereocenters. The topological polar surface area (TPSA) is 26.0 Å². The molecule has 8 heteroatoms. The Kier molecular flexibility index (Phi) is 5.28. The van der Waals surface area contributed by atoms with E-state index in [4.69, 9.17) is 5.73 Å². The third kappa shape index (κ3) is 4.43. The quantitative estimate of drug-likeness (QED) is 0.651. The van der Waals surface area contributed by atoms with Gasteiger partial charge in [-0.2, -0.15) is 13.2 Å². The lowest BCUT2D eigenvalue weighted by Gasteiger charge is -2.14. The molecule has 0 fully saturated rings. The van der Waals surface area contributed by atoms with Crippen LogP contribution < -0.4 is 5.73 Å². The Morgan fingerprint density at radius 1 is 1.06 bits per heavy atom. The maximum absolute atomic E-state index is 12.7. The molecule has 0 heterocycles. The zero-order chi connectivity index (χ0) is 12.5. The average Bonchev–Trinajstić information content (AvgIpc) is 2.10. The number of hydrogen-bond donors (Lipinski definition) is 1. The predicted octanol–water partition coefficient (Wildman–Crippen LogP) is 3.48. The van der Waals surface area contributed by atoms with Gasteiger partial charge in [0.1, 0.15) is 0 Å². The molecule has 0 bridgehead atoms. The van der Waals surface area contributed by atoms with Crippen molar-refractivity contribution in [3.8, 4) is 0 Å². The molecule has 98 valence electrons. The molecule has 1 nitrogen and oxygen atoms in total. The molecular formula is C9H8ClF6N. The van der Waals surface area contributed by atoms with Crippen LogP contribution >= 0.6 is 12.4 Å². The van der Waals surface area contributed by atoms with Crippen molar-refractivity contribution < 1.29 is 26.3 Å². The Morgan fingerprint density at radius 3 is 1.82 bits per heavy atom. The summed E-state index contributed by atoms with van der Waals surface area (Å²) in [5, 5.41) is 0. The molecule has 0 saturated carbocycles. The molecule has 0 aliphatic heterocycles. The van der Waals surface area contributed by atoms with Crippen LogP contribution in [-0.4, -0.2) is 6.18 Å². The molecule has 0 amide bonds. The van der Waals surface area contributed by atoms with Gasteiger partial charge in [0, 0.05) is 6.04 Å². The van der Waals surface area contributed by atoms with Gasteiger partial charge in [0.2, 0.25) is 0 Å². The van der Waals surface area contributed by atoms with E-state index in [-0.39, 0.29) is 12.4 Å². The Labute approximate surface area is 99.0 Å². The first kappa shape index (κ1) is 16.1. The lowest BCUT2D eigenvalue weighted by atomic mass is 10.0. The van der Waals surface area contributed by atoms with E-state index in [1.54, 1.807) is 0 Å². The van der Waals surface area contributed by atoms with Crippen LogP contribution in [0.1, 0.15) is 18.0 Å². The summed E-state index contributed by atoms with van der Waals surface area (Å²) in [6.45, 7) is 0. The molecule has 0 saturated heterocycles. The van der Waals surface area contributed by atoms with E-state index in [1.807, 2.05) is 0 Å². The normalized spacial score (nSPS) is 13.1. The summed E-state index contributed by atoms with van der Waals surface area (Å²) in [6, 6.07) is -0.714. The number of benzene rings is 1. The van der Waals surface area contributed by atoms with E-state index < -0.39 is 41.7 Å². The Hall–Kier alpha value is -0.950. The van der Waals surface area contributed by atoms with Crippen LogP contribution in [-0.2, 0) is 0 Å². The molecule has 17 heavy (non-hydrogen) atoms. The zero-order valence-electron chi connectivity index (χ0n) is 8.19. The minimum Gasteiger partial charge on any atom is -0.324 e. The van der Waals surface area contributed by atoms with E-state index in [9.17, 15) is 26.3 Å². The summed E-state index contributed by atoms with van der Waals surface area (Å²) in [6.07, 6.45) is -5.99. The van der Waals surface area contributed by atoms with E-state index in [1.165, 1.54) is 0 Å². The molecule has 1 aromatic carbocycles. The van der Waals surface area contributed by atoms with Gasteiger partial charge in [-0.05, 0) is 17.7 Å². The Balaban J connectivity index is 0.00000256. The van der Waals surface area contributed by atoms with Gasteiger partial charge >= 0.3 is 6.18 Å². The molecular weight excluding hydrogens is 272 g/mol. The van der Waals surface area contributed by atoms with Gasteiger partial charge < -0.3 is 5.73 Å². The second-order valence-electron chi connectivity index (χ2n) is 3.22. The summed E-state index contributed by atoms with van der Waals surface area (Å²) < 4.78 is 73.7. The maximum atomic E-state index is 12.7. The minimum absolute atomic E-state index is 0. The molecule has 0 aliphatic carbocycles. The third-order valence-electron chi connectivity index (χ3n) is 1.89. The van der Waals surface area contributed by atoms with Gasteiger partial charge in [0.15, 0.2) is 17.5 Å². The highest BCUT2D eigenvalue weighted by Gasteiger charge is 2.31. The minimum atomic E-state index is -4.55. The molecule has 0 radical (unpaired) electrons. The van der Waals surface area contributed by atoms with Gasteiger partial charge in [-0.3, -0.25) is 0 Å². The molecule has 1 atom stereocenters. The van der Waals surface area contributed by atoms with Gasteiger partial charge in [0.25, 0.3) is 0 Å². The summed E-state index contributed by atoms with van der Waals surface area (Å²) in [4.78, 5) is 0. The van der Waals surface area contributed by atoms with Gasteiger partial charge in [-0.25, -0.2) is 13.2 Å². The fourth-order valence-corrected chi connectivity index (χ4v) is 1.16. The average molecular weight is 280 g/mol. The summed E-state index contributed by atoms with van der Waals surface area (Å²) in [7, 11) is 0. The van der Waals surface area contributed by atoms with Crippen LogP contribution in [0.15, 0.2) is 12.1 Å². The van der Waals surface area contributed by atoms with Crippen LogP contribution in [0.4, 0.5) is 26.3 Å². The highest BCUT2D eigenvalue weighted by molar-refractivity contribution is 5.85. The second kappa shape index (κ2) is 5.59. The standard InChI is InChI=1S/C9H7F6N.ClH/c10-5-1-4(2-6(11)8(5)12)7(16)3-9(13,14)15;/h1-2,7H,3,16H2;1H/t7-;/m1./s1. The van der Waals surface area contributed by atoms with E-state index in [0.717, 1.165) is 0 Å². The molecule has 2 N–H and O–H groups in total. The van der Waals surface area contributed by atoms with Gasteiger partial charge in [-0.1, -0.05) is 0 Å². The largest absolute Gasteiger partial charge is 0.390 e. The molecule has 1 aromatic rings. The number of hydrogen-bond acceptors (Lipinski definition) is 1. The van der Waals surface area contributed by atoms with Crippen molar-refractivity contribution >= 4 is 12.4 Å². The first-order valence-electron chi connectivity index (χ1n) is 4.17. The van der Waals surface area contributed by atoms with E-state index in [2.05, 4.69) is 0 Å². The van der Waals surface area contributed by atoms with E-state index in [0.29, 0.717) is 12.1 Å². The summed E-state index contributed by atoms with van der Waals surface area (Å²) in [5.74, 6) is -4.86. The number of nitrogens with two attached hydrogens (primary N) is 1. The van der Waals surface area contributed by atoms with Crippen molar-refractivity contribution in [3.05, 3.63) is 35.1 Å². The lowest BCUT2D eigenvalue weighted by Crippen LogP contribution is -2.20. The maximum Gasteiger partial charge on any atom is 0.390 e. The highest BCUT2D eigenvalue weighted by Crippen LogP contribution is 2.29. The van der Waals surface area contributed by atoms with Crippen molar-refractivity contribution in [1.82, 2.24) is 0 Å². The number of alkyl halides is 3. The Bertz CT molecular complexity index is 369. The first-order valence-corrected chi connectivity index (χ1v) is 4.17. The van der Waals surface area contributed by atoms with Crippen LogP contribution in [0.5, 0.6) is 0 Å². The zero-order valence-corrected chi connectivity index (χ0v) is 9.01. The van der Waals surface area contributed by atoms with Gasteiger partial charge in [0.05, 0.1) is 6.42 Å². The predicted molar refractivity (Wildman–Crippen MR) is 51.2 cm³/mol. The first-order chi connectivity index (χ1) is 7.20. The monoisotopic (exact) mass is 279 g/mol. The van der Waals surface area contributed by atoms with Crippen LogP contribution in [0, 0.1) is 17.5 Å². The van der Waals surface area contributed by atoms with Crippen molar-refractivity contribution in [2.24, 2.45) is 5.73 Å². The lowest BCUT2D eigenvalue weighted by molar-refractivity contribution is -0.138. The van der Waals surface area contributed by atoms with Crippen LogP contribution in [0.2, 0.25) is 0 Å². The smallest absolute Gasteiger partial charge is 0.324 e. The summed E-state index contributed by atoms with van der Waals surface area (Å²) >= 11 is 0. The number of rotatable bonds is 2. The Morgan fingerprint density at radius 2 is 1.47 bits per heavy atom. The molecule has 0 aromatic heterocycles. The molecule has 0 spiro atoms. The highest BCUT2D eigenvalue weighted by atomic mass is 35.5. The van der Waals surface area contributed by atoms with Crippen LogP contribution in [0.25, 0.3) is 0 Å². The van der Waals surface area contributed by atoms with Crippen molar-refractivity contribution in [2.45, 2.75) is 18.6 Å². The molecule has 1 rings (SSSR count). The SMILES string of the molecule is Cl.N[C@H](CC(F)(F)F)c1cc(F)c(F)c(F)c1. The van der Waals surface area contributed by atoms with Gasteiger partial charge in [-0.15, -0.1) is 12.4 Å². The second-order valence-corrected chi connectivity index (χ2v) is 3.22. The number of halogens is 7. The fourth-order valence-electron chi connectivity index (χ4n) is 1.16.